The molecule has 3 nitrogen and oxygen atoms in total. The minimum absolute atomic E-state index is 0.0540. The van der Waals surface area contributed by atoms with Crippen LogP contribution in [0.1, 0.15) is 29.3 Å². The molecule has 23 heavy (non-hydrogen) atoms. The molecule has 3 heteroatoms. The molecule has 0 amide bonds. The Kier molecular flexibility index (Phi) is 4.56. The first-order valence-corrected chi connectivity index (χ1v) is 7.95. The summed E-state index contributed by atoms with van der Waals surface area (Å²) in [5, 5.41) is 0. The summed E-state index contributed by atoms with van der Waals surface area (Å²) in [6, 6.07) is 18.9. The van der Waals surface area contributed by atoms with E-state index in [9.17, 15) is 9.59 Å². The molecule has 0 spiro atoms. The predicted molar refractivity (Wildman–Crippen MR) is 87.8 cm³/mol. The molecule has 0 radical (unpaired) electrons. The molecule has 0 bridgehead atoms. The van der Waals surface area contributed by atoms with E-state index in [1.54, 1.807) is 0 Å². The van der Waals surface area contributed by atoms with Crippen molar-refractivity contribution in [1.82, 2.24) is 0 Å². The van der Waals surface area contributed by atoms with Crippen LogP contribution in [0.2, 0.25) is 0 Å². The van der Waals surface area contributed by atoms with Crippen molar-refractivity contribution in [1.29, 1.82) is 0 Å². The van der Waals surface area contributed by atoms with Crippen LogP contribution in [0, 0.1) is 17.8 Å². The van der Waals surface area contributed by atoms with Crippen LogP contribution >= 0.6 is 0 Å². The summed E-state index contributed by atoms with van der Waals surface area (Å²) in [6.45, 7) is 2.32. The summed E-state index contributed by atoms with van der Waals surface area (Å²) in [6.07, 6.45) is 0.317. The third-order valence-corrected chi connectivity index (χ3v) is 4.57. The molecule has 0 aromatic heterocycles. The van der Waals surface area contributed by atoms with Gasteiger partial charge in [-0.05, 0) is 17.4 Å². The minimum atomic E-state index is -0.228. The van der Waals surface area contributed by atoms with Gasteiger partial charge in [0.1, 0.15) is 6.61 Å². The Morgan fingerprint density at radius 3 is 2.22 bits per heavy atom. The molecule has 1 aliphatic rings. The van der Waals surface area contributed by atoms with Crippen LogP contribution < -0.4 is 0 Å². The molecule has 0 heterocycles. The van der Waals surface area contributed by atoms with E-state index in [2.05, 4.69) is 0 Å². The van der Waals surface area contributed by atoms with E-state index in [1.165, 1.54) is 0 Å². The zero-order valence-corrected chi connectivity index (χ0v) is 13.1. The number of hydrogen-bond acceptors (Lipinski definition) is 3. The number of ketones is 1. The Hall–Kier alpha value is -2.42. The van der Waals surface area contributed by atoms with Crippen LogP contribution in [0.4, 0.5) is 0 Å². The number of Topliss-reactive ketones (excluding diaryl/α,β-unsaturated/α-hetero) is 1. The lowest BCUT2D eigenvalue weighted by atomic mass is 10.1. The second-order valence-corrected chi connectivity index (χ2v) is 6.13. The molecule has 0 unspecified atom stereocenters. The highest BCUT2D eigenvalue weighted by atomic mass is 16.5. The van der Waals surface area contributed by atoms with Crippen molar-refractivity contribution < 1.29 is 14.3 Å². The van der Waals surface area contributed by atoms with Gasteiger partial charge in [-0.1, -0.05) is 67.6 Å². The Balaban J connectivity index is 1.51. The predicted octanol–water partition coefficient (Wildman–Crippen LogP) is 3.88. The Morgan fingerprint density at radius 1 is 0.957 bits per heavy atom. The van der Waals surface area contributed by atoms with Crippen molar-refractivity contribution in [2.75, 3.05) is 0 Å². The van der Waals surface area contributed by atoms with Gasteiger partial charge in [-0.3, -0.25) is 9.59 Å². The third-order valence-electron chi connectivity index (χ3n) is 4.57. The topological polar surface area (TPSA) is 43.4 Å². The van der Waals surface area contributed by atoms with Gasteiger partial charge in [-0.25, -0.2) is 0 Å². The SMILES string of the molecule is C[C@H]1[C@@H](CC(=O)OCc2ccccc2)[C@H]1C(=O)c1ccccc1. The zero-order valence-electron chi connectivity index (χ0n) is 13.1. The summed E-state index contributed by atoms with van der Waals surface area (Å²) in [7, 11) is 0. The molecule has 1 fully saturated rings. The molecule has 118 valence electrons. The van der Waals surface area contributed by atoms with E-state index < -0.39 is 0 Å². The van der Waals surface area contributed by atoms with Gasteiger partial charge in [0.05, 0.1) is 0 Å². The van der Waals surface area contributed by atoms with Gasteiger partial charge in [0.2, 0.25) is 0 Å². The maximum atomic E-state index is 12.4. The summed E-state index contributed by atoms with van der Waals surface area (Å²) >= 11 is 0. The summed E-state index contributed by atoms with van der Waals surface area (Å²) in [4.78, 5) is 24.4. The molecular weight excluding hydrogens is 288 g/mol. The minimum Gasteiger partial charge on any atom is -0.461 e. The van der Waals surface area contributed by atoms with Crippen LogP contribution in [0.5, 0.6) is 0 Å². The maximum absolute atomic E-state index is 12.4. The first kappa shape index (κ1) is 15.5. The van der Waals surface area contributed by atoms with E-state index in [-0.39, 0.29) is 36.1 Å². The maximum Gasteiger partial charge on any atom is 0.306 e. The first-order chi connectivity index (χ1) is 11.2. The van der Waals surface area contributed by atoms with Crippen LogP contribution in [-0.2, 0) is 16.1 Å². The van der Waals surface area contributed by atoms with Crippen molar-refractivity contribution in [2.24, 2.45) is 17.8 Å². The Labute approximate surface area is 136 Å². The van der Waals surface area contributed by atoms with Crippen LogP contribution in [0.15, 0.2) is 60.7 Å². The molecule has 0 N–H and O–H groups in total. The van der Waals surface area contributed by atoms with Gasteiger partial charge in [0, 0.05) is 17.9 Å². The first-order valence-electron chi connectivity index (χ1n) is 7.95. The van der Waals surface area contributed by atoms with E-state index in [0.717, 1.165) is 11.1 Å². The van der Waals surface area contributed by atoms with Crippen molar-refractivity contribution >= 4 is 11.8 Å². The number of carbonyl (C=O) groups is 2. The normalized spacial score (nSPS) is 22.4. The van der Waals surface area contributed by atoms with Crippen molar-refractivity contribution in [3.63, 3.8) is 0 Å². The lowest BCUT2D eigenvalue weighted by Gasteiger charge is -2.04. The van der Waals surface area contributed by atoms with Crippen molar-refractivity contribution in [3.8, 4) is 0 Å². The number of benzene rings is 2. The second kappa shape index (κ2) is 6.78. The fraction of sp³-hybridized carbons (Fsp3) is 0.300. The molecule has 3 rings (SSSR count). The molecule has 1 saturated carbocycles. The lowest BCUT2D eigenvalue weighted by molar-refractivity contribution is -0.145. The summed E-state index contributed by atoms with van der Waals surface area (Å²) < 4.78 is 5.31. The number of hydrogen-bond donors (Lipinski definition) is 0. The van der Waals surface area contributed by atoms with Crippen molar-refractivity contribution in [3.05, 3.63) is 71.8 Å². The second-order valence-electron chi connectivity index (χ2n) is 6.13. The van der Waals surface area contributed by atoms with E-state index in [1.807, 2.05) is 67.6 Å². The van der Waals surface area contributed by atoms with E-state index in [0.29, 0.717) is 6.42 Å². The van der Waals surface area contributed by atoms with E-state index >= 15 is 0 Å². The van der Waals surface area contributed by atoms with Crippen molar-refractivity contribution in [2.45, 2.75) is 20.0 Å². The number of rotatable bonds is 6. The van der Waals surface area contributed by atoms with Crippen LogP contribution in [0.3, 0.4) is 0 Å². The van der Waals surface area contributed by atoms with Gasteiger partial charge in [0.15, 0.2) is 5.78 Å². The molecular formula is C20H20O3. The van der Waals surface area contributed by atoms with Gasteiger partial charge >= 0.3 is 5.97 Å². The molecule has 3 atom stereocenters. The summed E-state index contributed by atoms with van der Waals surface area (Å²) in [5.74, 6) is 0.202. The van der Waals surface area contributed by atoms with Gasteiger partial charge < -0.3 is 4.74 Å². The van der Waals surface area contributed by atoms with E-state index in [4.69, 9.17) is 4.74 Å². The fourth-order valence-electron chi connectivity index (χ4n) is 3.08. The fourth-order valence-corrected chi connectivity index (χ4v) is 3.08. The van der Waals surface area contributed by atoms with Crippen LogP contribution in [-0.4, -0.2) is 11.8 Å². The van der Waals surface area contributed by atoms with Gasteiger partial charge in [0.25, 0.3) is 0 Å². The highest BCUT2D eigenvalue weighted by molar-refractivity contribution is 6.00. The Bertz CT molecular complexity index is 679. The Morgan fingerprint density at radius 2 is 1.57 bits per heavy atom. The molecule has 2 aromatic carbocycles. The summed E-state index contributed by atoms with van der Waals surface area (Å²) in [5.41, 5.74) is 1.70. The number of ether oxygens (including phenoxy) is 1. The molecule has 1 aliphatic carbocycles. The zero-order chi connectivity index (χ0) is 16.2. The average Bonchev–Trinajstić information content (AvgIpc) is 3.23. The van der Waals surface area contributed by atoms with Gasteiger partial charge in [-0.15, -0.1) is 0 Å². The monoisotopic (exact) mass is 308 g/mol. The lowest BCUT2D eigenvalue weighted by Crippen LogP contribution is -2.08. The quantitative estimate of drug-likeness (QED) is 0.601. The smallest absolute Gasteiger partial charge is 0.306 e. The van der Waals surface area contributed by atoms with Crippen LogP contribution in [0.25, 0.3) is 0 Å². The largest absolute Gasteiger partial charge is 0.461 e. The third kappa shape index (κ3) is 3.67. The number of esters is 1. The standard InChI is InChI=1S/C20H20O3/c1-14-17(19(14)20(22)16-10-6-3-7-11-16)12-18(21)23-13-15-8-4-2-5-9-15/h2-11,14,17,19H,12-13H2,1H3/t14-,17+,19-/m0/s1. The molecule has 0 aliphatic heterocycles. The highest BCUT2D eigenvalue weighted by Gasteiger charge is 2.52. The highest BCUT2D eigenvalue weighted by Crippen LogP contribution is 2.50. The molecule has 0 saturated heterocycles. The number of carbonyl (C=O) groups excluding carboxylic acids is 2. The molecule has 2 aromatic rings. The van der Waals surface area contributed by atoms with Gasteiger partial charge in [-0.2, -0.15) is 0 Å². The average molecular weight is 308 g/mol.